The third kappa shape index (κ3) is 3.57. The second-order valence-corrected chi connectivity index (χ2v) is 4.77. The third-order valence-electron chi connectivity index (χ3n) is 3.14. The SMILES string of the molecule is CCc1nc(NC)c(C)c(NCC(C)(O)CC)n1. The topological polar surface area (TPSA) is 70.1 Å². The highest BCUT2D eigenvalue weighted by Gasteiger charge is 2.18. The lowest BCUT2D eigenvalue weighted by Crippen LogP contribution is -2.33. The molecule has 3 N–H and O–H groups in total. The molecule has 0 spiro atoms. The van der Waals surface area contributed by atoms with E-state index in [1.54, 1.807) is 0 Å². The van der Waals surface area contributed by atoms with Gasteiger partial charge in [0.05, 0.1) is 5.60 Å². The van der Waals surface area contributed by atoms with E-state index in [0.29, 0.717) is 13.0 Å². The minimum atomic E-state index is -0.719. The second kappa shape index (κ2) is 6.00. The molecule has 1 aromatic rings. The molecule has 0 radical (unpaired) electrons. The summed E-state index contributed by atoms with van der Waals surface area (Å²) in [5.41, 5.74) is 0.255. The summed E-state index contributed by atoms with van der Waals surface area (Å²) in [6.45, 7) is 8.25. The van der Waals surface area contributed by atoms with Gasteiger partial charge in [-0.1, -0.05) is 13.8 Å². The van der Waals surface area contributed by atoms with Gasteiger partial charge in [0.15, 0.2) is 0 Å². The van der Waals surface area contributed by atoms with Gasteiger partial charge < -0.3 is 15.7 Å². The Bertz CT molecular complexity index is 404. The van der Waals surface area contributed by atoms with Crippen LogP contribution < -0.4 is 10.6 Å². The largest absolute Gasteiger partial charge is 0.388 e. The quantitative estimate of drug-likeness (QED) is 0.722. The van der Waals surface area contributed by atoms with Gasteiger partial charge in [0.25, 0.3) is 0 Å². The highest BCUT2D eigenvalue weighted by atomic mass is 16.3. The summed E-state index contributed by atoms with van der Waals surface area (Å²) in [4.78, 5) is 8.87. The van der Waals surface area contributed by atoms with Crippen molar-refractivity contribution in [1.82, 2.24) is 9.97 Å². The van der Waals surface area contributed by atoms with Crippen LogP contribution in [0.1, 0.15) is 38.6 Å². The van der Waals surface area contributed by atoms with Crippen LogP contribution in [0, 0.1) is 6.92 Å². The molecule has 0 saturated carbocycles. The molecule has 1 unspecified atom stereocenters. The zero-order valence-corrected chi connectivity index (χ0v) is 12.0. The first-order valence-electron chi connectivity index (χ1n) is 6.45. The molecule has 1 atom stereocenters. The maximum absolute atomic E-state index is 10.0. The fourth-order valence-corrected chi connectivity index (χ4v) is 1.54. The van der Waals surface area contributed by atoms with Crippen molar-refractivity contribution in [3.63, 3.8) is 0 Å². The minimum absolute atomic E-state index is 0.480. The average Bonchev–Trinajstić information content (AvgIpc) is 2.37. The Morgan fingerprint density at radius 1 is 1.22 bits per heavy atom. The summed E-state index contributed by atoms with van der Waals surface area (Å²) >= 11 is 0. The van der Waals surface area contributed by atoms with Crippen molar-refractivity contribution in [3.05, 3.63) is 11.4 Å². The molecule has 5 nitrogen and oxygen atoms in total. The first-order chi connectivity index (χ1) is 8.43. The number of aryl methyl sites for hydroxylation is 1. The van der Waals surface area contributed by atoms with Crippen LogP contribution in [0.25, 0.3) is 0 Å². The molecule has 0 aliphatic carbocycles. The molecule has 1 heterocycles. The molecule has 18 heavy (non-hydrogen) atoms. The molecule has 1 rings (SSSR count). The number of anilines is 2. The van der Waals surface area contributed by atoms with Gasteiger partial charge in [0, 0.05) is 25.6 Å². The van der Waals surface area contributed by atoms with E-state index in [1.807, 2.05) is 34.7 Å². The summed E-state index contributed by atoms with van der Waals surface area (Å²) in [7, 11) is 1.85. The van der Waals surface area contributed by atoms with Gasteiger partial charge in [-0.25, -0.2) is 9.97 Å². The highest BCUT2D eigenvalue weighted by Crippen LogP contribution is 2.21. The van der Waals surface area contributed by atoms with Crippen molar-refractivity contribution in [2.24, 2.45) is 0 Å². The van der Waals surface area contributed by atoms with Crippen LogP contribution in [-0.2, 0) is 6.42 Å². The first kappa shape index (κ1) is 14.7. The Kier molecular flexibility index (Phi) is 4.90. The van der Waals surface area contributed by atoms with E-state index in [2.05, 4.69) is 20.6 Å². The zero-order valence-electron chi connectivity index (χ0n) is 12.0. The molecule has 0 saturated heterocycles. The fraction of sp³-hybridized carbons (Fsp3) is 0.692. The van der Waals surface area contributed by atoms with E-state index in [-0.39, 0.29) is 0 Å². The van der Waals surface area contributed by atoms with Crippen molar-refractivity contribution in [3.8, 4) is 0 Å². The number of hydrogen-bond donors (Lipinski definition) is 3. The van der Waals surface area contributed by atoms with Crippen LogP contribution in [0.5, 0.6) is 0 Å². The summed E-state index contributed by atoms with van der Waals surface area (Å²) < 4.78 is 0. The minimum Gasteiger partial charge on any atom is -0.388 e. The second-order valence-electron chi connectivity index (χ2n) is 4.77. The van der Waals surface area contributed by atoms with Crippen LogP contribution in [-0.4, -0.2) is 34.3 Å². The van der Waals surface area contributed by atoms with E-state index in [1.165, 1.54) is 0 Å². The van der Waals surface area contributed by atoms with Crippen LogP contribution in [0.3, 0.4) is 0 Å². The van der Waals surface area contributed by atoms with Gasteiger partial charge in [0.1, 0.15) is 17.5 Å². The monoisotopic (exact) mass is 252 g/mol. The number of nitrogens with zero attached hydrogens (tertiary/aromatic N) is 2. The Morgan fingerprint density at radius 2 is 1.83 bits per heavy atom. The summed E-state index contributed by atoms with van der Waals surface area (Å²) in [5, 5.41) is 16.3. The number of hydrogen-bond acceptors (Lipinski definition) is 5. The van der Waals surface area contributed by atoms with Gasteiger partial charge in [-0.05, 0) is 20.3 Å². The van der Waals surface area contributed by atoms with Gasteiger partial charge >= 0.3 is 0 Å². The lowest BCUT2D eigenvalue weighted by Gasteiger charge is -2.23. The van der Waals surface area contributed by atoms with Gasteiger partial charge in [0.2, 0.25) is 0 Å². The van der Waals surface area contributed by atoms with Gasteiger partial charge in [-0.2, -0.15) is 0 Å². The van der Waals surface area contributed by atoms with Gasteiger partial charge in [-0.15, -0.1) is 0 Å². The third-order valence-corrected chi connectivity index (χ3v) is 3.14. The summed E-state index contributed by atoms with van der Waals surface area (Å²) in [5.74, 6) is 2.42. The number of rotatable bonds is 6. The van der Waals surface area contributed by atoms with E-state index in [0.717, 1.165) is 29.4 Å². The first-order valence-corrected chi connectivity index (χ1v) is 6.45. The van der Waals surface area contributed by atoms with E-state index < -0.39 is 5.60 Å². The van der Waals surface area contributed by atoms with Crippen LogP contribution >= 0.6 is 0 Å². The highest BCUT2D eigenvalue weighted by molar-refractivity contribution is 5.57. The number of aliphatic hydroxyl groups is 1. The van der Waals surface area contributed by atoms with Crippen LogP contribution in [0.2, 0.25) is 0 Å². The van der Waals surface area contributed by atoms with E-state index >= 15 is 0 Å². The van der Waals surface area contributed by atoms with Gasteiger partial charge in [-0.3, -0.25) is 0 Å². The average molecular weight is 252 g/mol. The molecule has 1 aromatic heterocycles. The van der Waals surface area contributed by atoms with Crippen molar-refractivity contribution in [1.29, 1.82) is 0 Å². The standard InChI is InChI=1S/C13H24N4O/c1-6-10-16-11(14-5)9(3)12(17-10)15-8-13(4,18)7-2/h18H,6-8H2,1-5H3,(H2,14,15,16,17). The molecule has 0 aliphatic rings. The lowest BCUT2D eigenvalue weighted by molar-refractivity contribution is 0.0696. The number of aromatic nitrogens is 2. The predicted molar refractivity (Wildman–Crippen MR) is 75.1 cm³/mol. The molecule has 0 aliphatic heterocycles. The van der Waals surface area contributed by atoms with Crippen LogP contribution in [0.15, 0.2) is 0 Å². The molecular weight excluding hydrogens is 228 g/mol. The zero-order chi connectivity index (χ0) is 13.8. The molecule has 0 bridgehead atoms. The molecule has 0 fully saturated rings. The Balaban J connectivity index is 2.94. The van der Waals surface area contributed by atoms with E-state index in [4.69, 9.17) is 0 Å². The van der Waals surface area contributed by atoms with Crippen molar-refractivity contribution >= 4 is 11.6 Å². The Labute approximate surface area is 109 Å². The smallest absolute Gasteiger partial charge is 0.134 e. The Hall–Kier alpha value is -1.36. The normalized spacial score (nSPS) is 14.1. The van der Waals surface area contributed by atoms with Crippen molar-refractivity contribution in [2.45, 2.75) is 46.1 Å². The molecule has 0 aromatic carbocycles. The maximum atomic E-state index is 10.0. The molecule has 102 valence electrons. The number of nitrogens with one attached hydrogen (secondary N) is 2. The van der Waals surface area contributed by atoms with Crippen molar-refractivity contribution < 1.29 is 5.11 Å². The lowest BCUT2D eigenvalue weighted by atomic mass is 10.0. The Morgan fingerprint density at radius 3 is 2.33 bits per heavy atom. The molecule has 5 heteroatoms. The maximum Gasteiger partial charge on any atom is 0.134 e. The summed E-state index contributed by atoms with van der Waals surface area (Å²) in [6, 6.07) is 0. The van der Waals surface area contributed by atoms with Crippen molar-refractivity contribution in [2.75, 3.05) is 24.2 Å². The summed E-state index contributed by atoms with van der Waals surface area (Å²) in [6.07, 6.45) is 1.48. The predicted octanol–water partition coefficient (Wildman–Crippen LogP) is 1.96. The molecular formula is C13H24N4O. The van der Waals surface area contributed by atoms with Crippen LogP contribution in [0.4, 0.5) is 11.6 Å². The van der Waals surface area contributed by atoms with E-state index in [9.17, 15) is 5.11 Å². The fourth-order valence-electron chi connectivity index (χ4n) is 1.54. The molecule has 0 amide bonds.